The summed E-state index contributed by atoms with van der Waals surface area (Å²) in [4.78, 5) is 24.4. The van der Waals surface area contributed by atoms with Crippen LogP contribution in [0.1, 0.15) is 53.0 Å². The minimum absolute atomic E-state index is 0.0643. The van der Waals surface area contributed by atoms with Gasteiger partial charge in [0.2, 0.25) is 5.78 Å². The molecule has 0 aliphatic carbocycles. The Morgan fingerprint density at radius 2 is 1.88 bits per heavy atom. The van der Waals surface area contributed by atoms with Crippen molar-refractivity contribution >= 4 is 21.6 Å². The van der Waals surface area contributed by atoms with Gasteiger partial charge < -0.3 is 9.67 Å². The molecule has 138 valence electrons. The van der Waals surface area contributed by atoms with Gasteiger partial charge in [-0.15, -0.1) is 0 Å². The van der Waals surface area contributed by atoms with E-state index in [-0.39, 0.29) is 10.6 Å². The number of carboxylic acid groups (broad SMARTS) is 1. The van der Waals surface area contributed by atoms with Crippen LogP contribution in [0.5, 0.6) is 0 Å². The van der Waals surface area contributed by atoms with Gasteiger partial charge in [0.1, 0.15) is 5.69 Å². The van der Waals surface area contributed by atoms with E-state index in [1.54, 1.807) is 16.7 Å². The van der Waals surface area contributed by atoms with E-state index in [4.69, 9.17) is 0 Å². The molecule has 1 N–H and O–H groups in total. The number of aliphatic carboxylic acids is 1. The highest BCUT2D eigenvalue weighted by Gasteiger charge is 2.36. The number of aryl methyl sites for hydroxylation is 1. The smallest absolute Gasteiger partial charge is 0.312 e. The fraction of sp³-hybridized carbons (Fsp3) is 0.368. The number of rotatable bonds is 6. The van der Waals surface area contributed by atoms with E-state index < -0.39 is 27.5 Å². The lowest BCUT2D eigenvalue weighted by atomic mass is 10.0. The number of fused-ring (bicyclic) bond motifs is 1. The summed E-state index contributed by atoms with van der Waals surface area (Å²) in [5, 5.41) is 9.35. The largest absolute Gasteiger partial charge is 0.481 e. The van der Waals surface area contributed by atoms with Crippen LogP contribution in [-0.2, 0) is 27.6 Å². The quantitative estimate of drug-likeness (QED) is 0.784. The zero-order chi connectivity index (χ0) is 19.1. The molecule has 0 amide bonds. The molecule has 1 aliphatic rings. The molecular formula is C19H21NO5S. The van der Waals surface area contributed by atoms with Crippen LogP contribution < -0.4 is 0 Å². The highest BCUT2D eigenvalue weighted by molar-refractivity contribution is 7.90. The van der Waals surface area contributed by atoms with Crippen molar-refractivity contribution in [2.45, 2.75) is 43.5 Å². The first-order valence-electron chi connectivity index (χ1n) is 8.54. The number of hydrogen-bond donors (Lipinski definition) is 1. The molecule has 1 atom stereocenters. The van der Waals surface area contributed by atoms with Gasteiger partial charge in [0.05, 0.1) is 10.8 Å². The second-order valence-electron chi connectivity index (χ2n) is 6.66. The van der Waals surface area contributed by atoms with Crippen molar-refractivity contribution < 1.29 is 23.1 Å². The summed E-state index contributed by atoms with van der Waals surface area (Å²) in [5.41, 5.74) is 1.95. The maximum absolute atomic E-state index is 13.0. The third-order valence-electron chi connectivity index (χ3n) is 4.76. The standard InChI is InChI=1S/C19H21NO5S/c1-3-4-12-5-7-13(8-6-12)18(21)17-16(26(2,24)25)11-15-14(19(22)23)9-10-20(15)17/h5-8,11,14H,3-4,9-10H2,1-2H3,(H,22,23). The van der Waals surface area contributed by atoms with Crippen LogP contribution >= 0.6 is 0 Å². The van der Waals surface area contributed by atoms with Gasteiger partial charge in [0.15, 0.2) is 9.84 Å². The summed E-state index contributed by atoms with van der Waals surface area (Å²) in [6.07, 6.45) is 3.29. The molecule has 3 rings (SSSR count). The molecule has 0 bridgehead atoms. The van der Waals surface area contributed by atoms with Gasteiger partial charge in [-0.3, -0.25) is 9.59 Å². The third-order valence-corrected chi connectivity index (χ3v) is 5.87. The molecule has 0 radical (unpaired) electrons. The lowest BCUT2D eigenvalue weighted by molar-refractivity contribution is -0.138. The molecule has 0 saturated heterocycles. The Morgan fingerprint density at radius 3 is 2.42 bits per heavy atom. The Kier molecular flexibility index (Phi) is 4.75. The highest BCUT2D eigenvalue weighted by atomic mass is 32.2. The SMILES string of the molecule is CCCc1ccc(C(=O)c2c(S(C)(=O)=O)cc3n2CCC3C(=O)O)cc1. The molecule has 7 heteroatoms. The average molecular weight is 375 g/mol. The molecule has 1 unspecified atom stereocenters. The van der Waals surface area contributed by atoms with Crippen molar-refractivity contribution in [2.75, 3.05) is 6.26 Å². The van der Waals surface area contributed by atoms with Crippen molar-refractivity contribution in [1.82, 2.24) is 4.57 Å². The zero-order valence-corrected chi connectivity index (χ0v) is 15.5. The van der Waals surface area contributed by atoms with Crippen LogP contribution in [0.15, 0.2) is 35.2 Å². The monoisotopic (exact) mass is 375 g/mol. The first-order valence-corrected chi connectivity index (χ1v) is 10.4. The van der Waals surface area contributed by atoms with E-state index in [9.17, 15) is 23.1 Å². The Morgan fingerprint density at radius 1 is 1.23 bits per heavy atom. The van der Waals surface area contributed by atoms with Gasteiger partial charge >= 0.3 is 5.97 Å². The molecule has 2 aromatic rings. The van der Waals surface area contributed by atoms with Crippen molar-refractivity contribution in [1.29, 1.82) is 0 Å². The molecule has 1 aliphatic heterocycles. The summed E-state index contributed by atoms with van der Waals surface area (Å²) in [7, 11) is -3.66. The van der Waals surface area contributed by atoms with Gasteiger partial charge in [0, 0.05) is 24.1 Å². The zero-order valence-electron chi connectivity index (χ0n) is 14.7. The fourth-order valence-corrected chi connectivity index (χ4v) is 4.38. The Bertz CT molecular complexity index is 970. The van der Waals surface area contributed by atoms with Crippen LogP contribution in [0.4, 0.5) is 0 Å². The average Bonchev–Trinajstić information content (AvgIpc) is 3.13. The molecule has 1 aromatic carbocycles. The number of nitrogens with zero attached hydrogens (tertiary/aromatic N) is 1. The van der Waals surface area contributed by atoms with Gasteiger partial charge in [-0.1, -0.05) is 37.6 Å². The van der Waals surface area contributed by atoms with Crippen molar-refractivity contribution in [3.63, 3.8) is 0 Å². The summed E-state index contributed by atoms with van der Waals surface area (Å²) in [5.74, 6) is -2.20. The van der Waals surface area contributed by atoms with Gasteiger partial charge in [-0.2, -0.15) is 0 Å². The number of benzene rings is 1. The number of carbonyl (C=O) groups is 2. The third kappa shape index (κ3) is 3.19. The van der Waals surface area contributed by atoms with Crippen molar-refractivity contribution in [3.8, 4) is 0 Å². The minimum Gasteiger partial charge on any atom is -0.481 e. The Balaban J connectivity index is 2.10. The minimum atomic E-state index is -3.66. The normalized spacial score (nSPS) is 16.5. The summed E-state index contributed by atoms with van der Waals surface area (Å²) < 4.78 is 25.9. The van der Waals surface area contributed by atoms with E-state index in [0.717, 1.165) is 24.7 Å². The van der Waals surface area contributed by atoms with Crippen LogP contribution in [0.2, 0.25) is 0 Å². The van der Waals surface area contributed by atoms with Gasteiger partial charge in [0.25, 0.3) is 0 Å². The second kappa shape index (κ2) is 6.72. The maximum atomic E-state index is 13.0. The number of sulfone groups is 1. The molecule has 2 heterocycles. The molecule has 0 fully saturated rings. The number of carboxylic acids is 1. The summed E-state index contributed by atoms with van der Waals surface area (Å²) >= 11 is 0. The first kappa shape index (κ1) is 18.4. The maximum Gasteiger partial charge on any atom is 0.312 e. The lowest BCUT2D eigenvalue weighted by Crippen LogP contribution is -2.13. The van der Waals surface area contributed by atoms with Gasteiger partial charge in [-0.25, -0.2) is 8.42 Å². The van der Waals surface area contributed by atoms with E-state index >= 15 is 0 Å². The summed E-state index contributed by atoms with van der Waals surface area (Å²) in [6, 6.07) is 8.47. The lowest BCUT2D eigenvalue weighted by Gasteiger charge is -2.08. The van der Waals surface area contributed by atoms with Crippen molar-refractivity contribution in [2.24, 2.45) is 0 Å². The predicted octanol–water partition coefficient (Wildman–Crippen LogP) is 2.65. The van der Waals surface area contributed by atoms with Crippen LogP contribution in [0.3, 0.4) is 0 Å². The van der Waals surface area contributed by atoms with Crippen LogP contribution in [0.25, 0.3) is 0 Å². The Labute approximate surface area is 152 Å². The van der Waals surface area contributed by atoms with Crippen LogP contribution in [0, 0.1) is 0 Å². The molecule has 0 saturated carbocycles. The topological polar surface area (TPSA) is 93.4 Å². The molecule has 1 aromatic heterocycles. The number of ketones is 1. The molecular weight excluding hydrogens is 354 g/mol. The number of carbonyl (C=O) groups excluding carboxylic acids is 1. The van der Waals surface area contributed by atoms with E-state index in [0.29, 0.717) is 24.2 Å². The van der Waals surface area contributed by atoms with E-state index in [2.05, 4.69) is 6.92 Å². The molecule has 6 nitrogen and oxygen atoms in total. The summed E-state index contributed by atoms with van der Waals surface area (Å²) in [6.45, 7) is 2.39. The number of hydrogen-bond acceptors (Lipinski definition) is 4. The van der Waals surface area contributed by atoms with Crippen LogP contribution in [-0.4, -0.2) is 36.1 Å². The Hall–Kier alpha value is -2.41. The number of aromatic nitrogens is 1. The van der Waals surface area contributed by atoms with Crippen molar-refractivity contribution in [3.05, 3.63) is 52.8 Å². The fourth-order valence-electron chi connectivity index (χ4n) is 3.49. The van der Waals surface area contributed by atoms with Gasteiger partial charge in [-0.05, 0) is 24.5 Å². The molecule has 0 spiro atoms. The first-order chi connectivity index (χ1) is 12.2. The van der Waals surface area contributed by atoms with E-state index in [1.807, 2.05) is 12.1 Å². The molecule has 26 heavy (non-hydrogen) atoms. The second-order valence-corrected chi connectivity index (χ2v) is 8.65. The highest BCUT2D eigenvalue weighted by Crippen LogP contribution is 2.35. The predicted molar refractivity (Wildman–Crippen MR) is 96.4 cm³/mol. The van der Waals surface area contributed by atoms with E-state index in [1.165, 1.54) is 6.07 Å².